The first-order valence-electron chi connectivity index (χ1n) is 4.68. The van der Waals surface area contributed by atoms with E-state index < -0.39 is 14.6 Å². The van der Waals surface area contributed by atoms with E-state index in [4.69, 9.17) is 0 Å². The van der Waals surface area contributed by atoms with Crippen molar-refractivity contribution in [1.82, 2.24) is 0 Å². The first-order valence-corrected chi connectivity index (χ1v) is 7.11. The highest BCUT2D eigenvalue weighted by molar-refractivity contribution is 7.92. The molecular formula is C10H16O2S2. The third-order valence-electron chi connectivity index (χ3n) is 2.38. The molecule has 0 spiro atoms. The van der Waals surface area contributed by atoms with Crippen LogP contribution in [0.3, 0.4) is 0 Å². The van der Waals surface area contributed by atoms with Crippen LogP contribution in [0.25, 0.3) is 0 Å². The van der Waals surface area contributed by atoms with Gasteiger partial charge in [0.2, 0.25) is 0 Å². The lowest BCUT2D eigenvalue weighted by atomic mass is 10.1. The molecule has 0 aromatic carbocycles. The fourth-order valence-electron chi connectivity index (χ4n) is 1.46. The molecule has 0 aliphatic heterocycles. The van der Waals surface area contributed by atoms with E-state index >= 15 is 0 Å². The third kappa shape index (κ3) is 2.01. The smallest absolute Gasteiger partial charge is 0.184 e. The molecule has 14 heavy (non-hydrogen) atoms. The van der Waals surface area contributed by atoms with E-state index in [2.05, 4.69) is 0 Å². The number of hydrogen-bond acceptors (Lipinski definition) is 3. The SMILES string of the molecule is CCCC(C)(C)S(=O)(=O)c1ccsc1. The maximum Gasteiger partial charge on any atom is 0.184 e. The molecule has 0 saturated heterocycles. The van der Waals surface area contributed by atoms with Crippen LogP contribution in [-0.4, -0.2) is 13.2 Å². The first-order chi connectivity index (χ1) is 6.42. The molecule has 0 atom stereocenters. The zero-order valence-electron chi connectivity index (χ0n) is 8.78. The average Bonchev–Trinajstić information content (AvgIpc) is 2.55. The van der Waals surface area contributed by atoms with E-state index in [9.17, 15) is 8.42 Å². The minimum Gasteiger partial charge on any atom is -0.223 e. The lowest BCUT2D eigenvalue weighted by Gasteiger charge is -2.23. The van der Waals surface area contributed by atoms with Crippen molar-refractivity contribution in [3.05, 3.63) is 16.8 Å². The van der Waals surface area contributed by atoms with Crippen molar-refractivity contribution in [2.75, 3.05) is 0 Å². The molecule has 2 nitrogen and oxygen atoms in total. The van der Waals surface area contributed by atoms with Crippen molar-refractivity contribution >= 4 is 21.2 Å². The van der Waals surface area contributed by atoms with Gasteiger partial charge in [-0.25, -0.2) is 8.42 Å². The summed E-state index contributed by atoms with van der Waals surface area (Å²) >= 11 is 1.42. The molecule has 0 radical (unpaired) electrons. The summed E-state index contributed by atoms with van der Waals surface area (Å²) in [6, 6.07) is 1.68. The van der Waals surface area contributed by atoms with Gasteiger partial charge in [-0.3, -0.25) is 0 Å². The second-order valence-corrected chi connectivity index (χ2v) is 7.34. The number of thiophene rings is 1. The Morgan fingerprint density at radius 1 is 1.43 bits per heavy atom. The van der Waals surface area contributed by atoms with Crippen molar-refractivity contribution in [3.63, 3.8) is 0 Å². The van der Waals surface area contributed by atoms with Crippen LogP contribution in [0.2, 0.25) is 0 Å². The summed E-state index contributed by atoms with van der Waals surface area (Å²) in [5.41, 5.74) is 0. The number of rotatable bonds is 4. The second kappa shape index (κ2) is 4.03. The molecule has 0 aliphatic carbocycles. The van der Waals surface area contributed by atoms with Gasteiger partial charge < -0.3 is 0 Å². The second-order valence-electron chi connectivity index (χ2n) is 3.97. The highest BCUT2D eigenvalue weighted by Gasteiger charge is 2.34. The van der Waals surface area contributed by atoms with Crippen molar-refractivity contribution in [2.45, 2.75) is 43.3 Å². The van der Waals surface area contributed by atoms with E-state index in [1.54, 1.807) is 30.7 Å². The van der Waals surface area contributed by atoms with Crippen molar-refractivity contribution in [1.29, 1.82) is 0 Å². The standard InChI is InChI=1S/C10H16O2S2/c1-4-6-10(2,3)14(11,12)9-5-7-13-8-9/h5,7-8H,4,6H2,1-3H3. The Morgan fingerprint density at radius 2 is 2.07 bits per heavy atom. The predicted octanol–water partition coefficient (Wildman–Crippen LogP) is 3.10. The van der Waals surface area contributed by atoms with Gasteiger partial charge in [0.15, 0.2) is 9.84 Å². The molecule has 1 aromatic rings. The predicted molar refractivity (Wildman–Crippen MR) is 60.5 cm³/mol. The summed E-state index contributed by atoms with van der Waals surface area (Å²) in [6.45, 7) is 5.60. The molecule has 0 fully saturated rings. The minimum absolute atomic E-state index is 0.459. The van der Waals surface area contributed by atoms with Gasteiger partial charge in [-0.15, -0.1) is 0 Å². The summed E-state index contributed by atoms with van der Waals surface area (Å²) in [6.07, 6.45) is 1.58. The highest BCUT2D eigenvalue weighted by atomic mass is 32.2. The Kier molecular flexibility index (Phi) is 3.37. The van der Waals surface area contributed by atoms with Crippen LogP contribution >= 0.6 is 11.3 Å². The maximum atomic E-state index is 12.1. The average molecular weight is 232 g/mol. The molecule has 1 aromatic heterocycles. The van der Waals surface area contributed by atoms with Gasteiger partial charge in [0.25, 0.3) is 0 Å². The molecular weight excluding hydrogens is 216 g/mol. The number of sulfone groups is 1. The van der Waals surface area contributed by atoms with Gasteiger partial charge in [-0.2, -0.15) is 11.3 Å². The Bertz CT molecular complexity index is 374. The molecule has 1 heterocycles. The lowest BCUT2D eigenvalue weighted by Crippen LogP contribution is -2.31. The van der Waals surface area contributed by atoms with E-state index in [-0.39, 0.29) is 0 Å². The first kappa shape index (κ1) is 11.7. The van der Waals surface area contributed by atoms with Crippen LogP contribution in [0.1, 0.15) is 33.6 Å². The summed E-state index contributed by atoms with van der Waals surface area (Å²) in [5, 5.41) is 3.50. The zero-order valence-corrected chi connectivity index (χ0v) is 10.4. The summed E-state index contributed by atoms with van der Waals surface area (Å²) in [4.78, 5) is 0.459. The normalized spacial score (nSPS) is 13.1. The van der Waals surface area contributed by atoms with Crippen molar-refractivity contribution in [2.24, 2.45) is 0 Å². The monoisotopic (exact) mass is 232 g/mol. The van der Waals surface area contributed by atoms with Crippen molar-refractivity contribution < 1.29 is 8.42 Å². The maximum absolute atomic E-state index is 12.1. The molecule has 1 rings (SSSR count). The highest BCUT2D eigenvalue weighted by Crippen LogP contribution is 2.30. The Balaban J connectivity index is 3.08. The van der Waals surface area contributed by atoms with Gasteiger partial charge >= 0.3 is 0 Å². The fraction of sp³-hybridized carbons (Fsp3) is 0.600. The van der Waals surface area contributed by atoms with E-state index in [0.29, 0.717) is 11.3 Å². The van der Waals surface area contributed by atoms with E-state index in [0.717, 1.165) is 6.42 Å². The molecule has 0 unspecified atom stereocenters. The van der Waals surface area contributed by atoms with Gasteiger partial charge in [0.1, 0.15) is 0 Å². The van der Waals surface area contributed by atoms with Crippen LogP contribution in [-0.2, 0) is 9.84 Å². The molecule has 80 valence electrons. The van der Waals surface area contributed by atoms with Gasteiger partial charge in [0, 0.05) is 5.38 Å². The van der Waals surface area contributed by atoms with Gasteiger partial charge in [-0.05, 0) is 31.7 Å². The summed E-state index contributed by atoms with van der Waals surface area (Å²) in [7, 11) is -3.15. The quantitative estimate of drug-likeness (QED) is 0.799. The Morgan fingerprint density at radius 3 is 2.50 bits per heavy atom. The zero-order chi connectivity index (χ0) is 10.8. The molecule has 0 amide bonds. The van der Waals surface area contributed by atoms with Crippen LogP contribution in [0.15, 0.2) is 21.7 Å². The van der Waals surface area contributed by atoms with Crippen LogP contribution in [0.5, 0.6) is 0 Å². The third-order valence-corrected chi connectivity index (χ3v) is 5.75. The Hall–Kier alpha value is -0.350. The van der Waals surface area contributed by atoms with E-state index in [1.165, 1.54) is 11.3 Å². The minimum atomic E-state index is -3.15. The molecule has 4 heteroatoms. The molecule has 0 aliphatic rings. The topological polar surface area (TPSA) is 34.1 Å². The molecule has 0 bridgehead atoms. The van der Waals surface area contributed by atoms with Crippen molar-refractivity contribution in [3.8, 4) is 0 Å². The summed E-state index contributed by atoms with van der Waals surface area (Å²) in [5.74, 6) is 0. The van der Waals surface area contributed by atoms with Gasteiger partial charge in [-0.1, -0.05) is 13.3 Å². The van der Waals surface area contributed by atoms with Gasteiger partial charge in [0.05, 0.1) is 9.64 Å². The molecule has 0 saturated carbocycles. The van der Waals surface area contributed by atoms with Crippen LogP contribution < -0.4 is 0 Å². The van der Waals surface area contributed by atoms with E-state index in [1.807, 2.05) is 6.92 Å². The number of hydrogen-bond donors (Lipinski definition) is 0. The Labute approximate surface area is 89.9 Å². The largest absolute Gasteiger partial charge is 0.223 e. The van der Waals surface area contributed by atoms with Crippen LogP contribution in [0, 0.1) is 0 Å². The lowest BCUT2D eigenvalue weighted by molar-refractivity contribution is 0.523. The van der Waals surface area contributed by atoms with Crippen LogP contribution in [0.4, 0.5) is 0 Å². The summed E-state index contributed by atoms with van der Waals surface area (Å²) < 4.78 is 23.6. The fourth-order valence-corrected chi connectivity index (χ4v) is 4.09. The molecule has 0 N–H and O–H groups in total.